The summed E-state index contributed by atoms with van der Waals surface area (Å²) < 4.78 is 5.10. The molecule has 24 heavy (non-hydrogen) atoms. The topological polar surface area (TPSA) is 92.7 Å². The van der Waals surface area contributed by atoms with Gasteiger partial charge in [0.15, 0.2) is 0 Å². The second kappa shape index (κ2) is 7.95. The average molecular weight is 333 g/mol. The van der Waals surface area contributed by atoms with E-state index in [1.54, 1.807) is 38.1 Å². The Hall–Kier alpha value is -2.37. The monoisotopic (exact) mass is 333 g/mol. The van der Waals surface area contributed by atoms with E-state index in [1.165, 1.54) is 0 Å². The maximum atomic E-state index is 12.4. The highest BCUT2D eigenvalue weighted by atomic mass is 16.5. The molecular weight excluding hydrogens is 310 g/mol. The first kappa shape index (κ1) is 18.0. The van der Waals surface area contributed by atoms with Gasteiger partial charge in [-0.3, -0.25) is 9.59 Å². The number of carbonyl (C=O) groups excluding carboxylic acids is 2. The summed E-state index contributed by atoms with van der Waals surface area (Å²) in [6.45, 7) is 3.55. The number of carbonyl (C=O) groups is 3. The lowest BCUT2D eigenvalue weighted by molar-refractivity contribution is -0.147. The summed E-state index contributed by atoms with van der Waals surface area (Å²) in [4.78, 5) is 35.5. The molecule has 0 spiro atoms. The molecule has 2 N–H and O–H groups in total. The standard InChI is InChI=1S/C18H23NO5/c1-11(2)24-18(23)12-7-9-13(10-8-12)19-16(20)14-5-3-4-6-15(14)17(21)22/h7-11,14-15H,3-6H2,1-2H3,(H,19,20)(H,21,22)/t14-,15+/m1/s1. The van der Waals surface area contributed by atoms with Gasteiger partial charge in [0.05, 0.1) is 23.5 Å². The fourth-order valence-corrected chi connectivity index (χ4v) is 2.95. The Morgan fingerprint density at radius 1 is 1.08 bits per heavy atom. The first-order chi connectivity index (χ1) is 11.4. The van der Waals surface area contributed by atoms with Gasteiger partial charge in [-0.2, -0.15) is 0 Å². The van der Waals surface area contributed by atoms with Gasteiger partial charge in [-0.15, -0.1) is 0 Å². The lowest BCUT2D eigenvalue weighted by Gasteiger charge is -2.27. The van der Waals surface area contributed by atoms with Crippen molar-refractivity contribution in [2.24, 2.45) is 11.8 Å². The zero-order valence-corrected chi connectivity index (χ0v) is 14.0. The van der Waals surface area contributed by atoms with Crippen molar-refractivity contribution in [2.75, 3.05) is 5.32 Å². The van der Waals surface area contributed by atoms with Crippen LogP contribution in [0.1, 0.15) is 49.9 Å². The molecule has 0 saturated heterocycles. The molecule has 0 heterocycles. The Bertz CT molecular complexity index is 608. The Labute approximate surface area is 141 Å². The number of ether oxygens (including phenoxy) is 1. The molecule has 2 atom stereocenters. The second-order valence-corrected chi connectivity index (χ2v) is 6.36. The SMILES string of the molecule is CC(C)OC(=O)c1ccc(NC(=O)[C@@H]2CCCC[C@@H]2C(=O)O)cc1. The molecule has 0 unspecified atom stereocenters. The number of rotatable bonds is 5. The predicted octanol–water partition coefficient (Wildman–Crippen LogP) is 3.08. The second-order valence-electron chi connectivity index (χ2n) is 6.36. The third kappa shape index (κ3) is 4.57. The molecule has 1 saturated carbocycles. The predicted molar refractivity (Wildman–Crippen MR) is 88.7 cm³/mol. The third-order valence-corrected chi connectivity index (χ3v) is 4.15. The van der Waals surface area contributed by atoms with Crippen LogP contribution in [0.15, 0.2) is 24.3 Å². The van der Waals surface area contributed by atoms with Crippen LogP contribution in [-0.2, 0) is 14.3 Å². The van der Waals surface area contributed by atoms with Crippen molar-refractivity contribution in [1.29, 1.82) is 0 Å². The Morgan fingerprint density at radius 2 is 1.67 bits per heavy atom. The quantitative estimate of drug-likeness (QED) is 0.808. The van der Waals surface area contributed by atoms with Crippen LogP contribution in [0, 0.1) is 11.8 Å². The van der Waals surface area contributed by atoms with E-state index in [2.05, 4.69) is 5.32 Å². The number of esters is 1. The van der Waals surface area contributed by atoms with Gasteiger partial charge < -0.3 is 15.2 Å². The molecule has 2 rings (SSSR count). The summed E-state index contributed by atoms with van der Waals surface area (Å²) in [6, 6.07) is 6.40. The molecule has 130 valence electrons. The maximum Gasteiger partial charge on any atom is 0.338 e. The number of carboxylic acids is 1. The van der Waals surface area contributed by atoms with Crippen LogP contribution in [0.2, 0.25) is 0 Å². The molecule has 1 aliphatic carbocycles. The Morgan fingerprint density at radius 3 is 2.21 bits per heavy atom. The number of hydrogen-bond acceptors (Lipinski definition) is 4. The van der Waals surface area contributed by atoms with Crippen LogP contribution < -0.4 is 5.32 Å². The fraction of sp³-hybridized carbons (Fsp3) is 0.500. The minimum atomic E-state index is -0.915. The van der Waals surface area contributed by atoms with E-state index in [1.807, 2.05) is 0 Å². The first-order valence-electron chi connectivity index (χ1n) is 8.23. The molecule has 0 radical (unpaired) electrons. The summed E-state index contributed by atoms with van der Waals surface area (Å²) in [5.41, 5.74) is 0.943. The molecule has 0 aliphatic heterocycles. The number of nitrogens with one attached hydrogen (secondary N) is 1. The van der Waals surface area contributed by atoms with Crippen molar-refractivity contribution in [3.63, 3.8) is 0 Å². The summed E-state index contributed by atoms with van der Waals surface area (Å²) >= 11 is 0. The van der Waals surface area contributed by atoms with Gasteiger partial charge in [0.2, 0.25) is 5.91 Å². The zero-order valence-electron chi connectivity index (χ0n) is 14.0. The average Bonchev–Trinajstić information content (AvgIpc) is 2.54. The minimum Gasteiger partial charge on any atom is -0.481 e. The Kier molecular flexibility index (Phi) is 5.95. The molecule has 1 aliphatic rings. The van der Waals surface area contributed by atoms with Crippen molar-refractivity contribution in [1.82, 2.24) is 0 Å². The van der Waals surface area contributed by atoms with Crippen molar-refractivity contribution >= 4 is 23.5 Å². The summed E-state index contributed by atoms with van der Waals surface area (Å²) in [5.74, 6) is -2.75. The molecule has 6 nitrogen and oxygen atoms in total. The fourth-order valence-electron chi connectivity index (χ4n) is 2.95. The van der Waals surface area contributed by atoms with E-state index in [0.717, 1.165) is 12.8 Å². The normalized spacial score (nSPS) is 20.5. The summed E-state index contributed by atoms with van der Waals surface area (Å²) in [6.07, 6.45) is 2.63. The third-order valence-electron chi connectivity index (χ3n) is 4.15. The van der Waals surface area contributed by atoms with Gasteiger partial charge >= 0.3 is 11.9 Å². The van der Waals surface area contributed by atoms with Crippen LogP contribution in [0.3, 0.4) is 0 Å². The van der Waals surface area contributed by atoms with Gasteiger partial charge in [-0.25, -0.2) is 4.79 Å². The summed E-state index contributed by atoms with van der Waals surface area (Å²) in [7, 11) is 0. The van der Waals surface area contributed by atoms with E-state index in [-0.39, 0.29) is 12.0 Å². The van der Waals surface area contributed by atoms with E-state index in [9.17, 15) is 19.5 Å². The van der Waals surface area contributed by atoms with Crippen LogP contribution in [0.5, 0.6) is 0 Å². The van der Waals surface area contributed by atoms with Crippen molar-refractivity contribution in [3.8, 4) is 0 Å². The number of anilines is 1. The number of aliphatic carboxylic acids is 1. The molecule has 0 aromatic heterocycles. The molecule has 0 bridgehead atoms. The molecule has 1 aromatic carbocycles. The largest absolute Gasteiger partial charge is 0.481 e. The van der Waals surface area contributed by atoms with Crippen molar-refractivity contribution in [2.45, 2.75) is 45.6 Å². The van der Waals surface area contributed by atoms with Gasteiger partial charge in [0.25, 0.3) is 0 Å². The maximum absolute atomic E-state index is 12.4. The van der Waals surface area contributed by atoms with Gasteiger partial charge in [0.1, 0.15) is 0 Å². The highest BCUT2D eigenvalue weighted by Gasteiger charge is 2.35. The van der Waals surface area contributed by atoms with Gasteiger partial charge in [-0.1, -0.05) is 12.8 Å². The van der Waals surface area contributed by atoms with E-state index in [4.69, 9.17) is 4.74 Å². The molecule has 1 aromatic rings. The lowest BCUT2D eigenvalue weighted by Crippen LogP contribution is -2.36. The number of carboxylic acid groups (broad SMARTS) is 1. The van der Waals surface area contributed by atoms with Crippen molar-refractivity contribution in [3.05, 3.63) is 29.8 Å². The highest BCUT2D eigenvalue weighted by Crippen LogP contribution is 2.31. The molecule has 6 heteroatoms. The zero-order chi connectivity index (χ0) is 17.7. The first-order valence-corrected chi connectivity index (χ1v) is 8.23. The molecule has 1 amide bonds. The molecule has 1 fully saturated rings. The number of amides is 1. The highest BCUT2D eigenvalue weighted by molar-refractivity contribution is 5.96. The van der Waals surface area contributed by atoms with Crippen LogP contribution in [0.25, 0.3) is 0 Å². The van der Waals surface area contributed by atoms with Crippen LogP contribution >= 0.6 is 0 Å². The summed E-state index contributed by atoms with van der Waals surface area (Å²) in [5, 5.41) is 12.0. The number of hydrogen-bond donors (Lipinski definition) is 2. The van der Waals surface area contributed by atoms with E-state index < -0.39 is 23.8 Å². The van der Waals surface area contributed by atoms with Gasteiger partial charge in [-0.05, 0) is 51.0 Å². The van der Waals surface area contributed by atoms with Crippen LogP contribution in [0.4, 0.5) is 5.69 Å². The van der Waals surface area contributed by atoms with Crippen LogP contribution in [-0.4, -0.2) is 29.1 Å². The number of benzene rings is 1. The molecular formula is C18H23NO5. The van der Waals surface area contributed by atoms with Crippen molar-refractivity contribution < 1.29 is 24.2 Å². The lowest BCUT2D eigenvalue weighted by atomic mass is 9.78. The van der Waals surface area contributed by atoms with Gasteiger partial charge in [0, 0.05) is 5.69 Å². The minimum absolute atomic E-state index is 0.198. The van der Waals surface area contributed by atoms with E-state index >= 15 is 0 Å². The Balaban J connectivity index is 2.01. The van der Waals surface area contributed by atoms with E-state index in [0.29, 0.717) is 24.1 Å². The smallest absolute Gasteiger partial charge is 0.338 e.